The van der Waals surface area contributed by atoms with Gasteiger partial charge in [-0.3, -0.25) is 4.79 Å². The topological polar surface area (TPSA) is 42.0 Å². The fraction of sp³-hybridized carbons (Fsp3) is 0.375. The van der Waals surface area contributed by atoms with Crippen LogP contribution in [0.3, 0.4) is 0 Å². The van der Waals surface area contributed by atoms with Gasteiger partial charge < -0.3 is 5.32 Å². The first-order valence-corrected chi connectivity index (χ1v) is 8.22. The highest BCUT2D eigenvalue weighted by molar-refractivity contribution is 7.11. The van der Waals surface area contributed by atoms with E-state index in [0.717, 1.165) is 17.0 Å². The van der Waals surface area contributed by atoms with Crippen LogP contribution < -0.4 is 5.32 Å². The molecule has 0 aromatic carbocycles. The third-order valence-corrected chi connectivity index (χ3v) is 4.58. The van der Waals surface area contributed by atoms with Crippen LogP contribution in [0.15, 0.2) is 24.3 Å². The second kappa shape index (κ2) is 7.05. The van der Waals surface area contributed by atoms with E-state index in [2.05, 4.69) is 29.4 Å². The largest absolute Gasteiger partial charge is 0.347 e. The molecule has 21 heavy (non-hydrogen) atoms. The number of pyridine rings is 1. The molecule has 3 nitrogen and oxygen atoms in total. The maximum atomic E-state index is 12.2. The number of carbonyl (C=O) groups excluding carboxylic acids is 1. The minimum Gasteiger partial charge on any atom is -0.347 e. The molecule has 2 rings (SSSR count). The normalized spacial score (nSPS) is 10.9. The lowest BCUT2D eigenvalue weighted by atomic mass is 10.1. The van der Waals surface area contributed by atoms with Crippen molar-refractivity contribution in [2.75, 3.05) is 0 Å². The van der Waals surface area contributed by atoms with Gasteiger partial charge in [-0.1, -0.05) is 32.4 Å². The highest BCUT2D eigenvalue weighted by Gasteiger charge is 2.11. The number of hydrogen-bond donors (Lipinski definition) is 1. The lowest BCUT2D eigenvalue weighted by Crippen LogP contribution is -2.22. The number of thiophene rings is 1. The van der Waals surface area contributed by atoms with Crippen LogP contribution in [0.4, 0.5) is 0 Å². The van der Waals surface area contributed by atoms with Crippen LogP contribution in [0.2, 0.25) is 5.15 Å². The van der Waals surface area contributed by atoms with Crippen molar-refractivity contribution >= 4 is 28.8 Å². The SMILES string of the molecule is CCc1ccc(CNC(=O)c2cc(Cl)nc(C(C)C)c2)s1. The summed E-state index contributed by atoms with van der Waals surface area (Å²) in [5.41, 5.74) is 1.39. The summed E-state index contributed by atoms with van der Waals surface area (Å²) in [6, 6.07) is 7.57. The molecule has 0 fully saturated rings. The van der Waals surface area contributed by atoms with E-state index in [4.69, 9.17) is 11.6 Å². The summed E-state index contributed by atoms with van der Waals surface area (Å²) in [6.07, 6.45) is 1.02. The van der Waals surface area contributed by atoms with Crippen molar-refractivity contribution in [1.29, 1.82) is 0 Å². The van der Waals surface area contributed by atoms with Crippen molar-refractivity contribution in [2.45, 2.75) is 39.7 Å². The lowest BCUT2D eigenvalue weighted by Gasteiger charge is -2.09. The van der Waals surface area contributed by atoms with Gasteiger partial charge in [-0.25, -0.2) is 4.98 Å². The lowest BCUT2D eigenvalue weighted by molar-refractivity contribution is 0.0951. The second-order valence-electron chi connectivity index (χ2n) is 5.16. The Kier molecular flexibility index (Phi) is 5.37. The Hall–Kier alpha value is -1.39. The number of rotatable bonds is 5. The van der Waals surface area contributed by atoms with Crippen LogP contribution >= 0.6 is 22.9 Å². The number of aryl methyl sites for hydroxylation is 1. The molecule has 0 spiro atoms. The zero-order valence-corrected chi connectivity index (χ0v) is 14.0. The number of hydrogen-bond acceptors (Lipinski definition) is 3. The van der Waals surface area contributed by atoms with Gasteiger partial charge in [-0.2, -0.15) is 0 Å². The van der Waals surface area contributed by atoms with E-state index in [9.17, 15) is 4.79 Å². The molecule has 0 aliphatic carbocycles. The summed E-state index contributed by atoms with van der Waals surface area (Å²) < 4.78 is 0. The average molecular weight is 323 g/mol. The Labute approximate surface area is 134 Å². The van der Waals surface area contributed by atoms with Crippen LogP contribution in [0.1, 0.15) is 52.5 Å². The van der Waals surface area contributed by atoms with E-state index >= 15 is 0 Å². The minimum atomic E-state index is -0.118. The fourth-order valence-electron chi connectivity index (χ4n) is 1.92. The maximum Gasteiger partial charge on any atom is 0.251 e. The molecule has 112 valence electrons. The predicted octanol–water partition coefficient (Wildman–Crippen LogP) is 4.41. The molecule has 5 heteroatoms. The second-order valence-corrected chi connectivity index (χ2v) is 6.80. The molecule has 1 N–H and O–H groups in total. The molecule has 2 aromatic heterocycles. The quantitative estimate of drug-likeness (QED) is 0.828. The fourth-order valence-corrected chi connectivity index (χ4v) is 3.03. The number of nitrogens with zero attached hydrogens (tertiary/aromatic N) is 1. The molecular formula is C16H19ClN2OS. The minimum absolute atomic E-state index is 0.118. The van der Waals surface area contributed by atoms with Crippen LogP contribution in [-0.4, -0.2) is 10.9 Å². The van der Waals surface area contributed by atoms with Gasteiger partial charge in [0, 0.05) is 21.0 Å². The molecule has 2 aromatic rings. The van der Waals surface area contributed by atoms with E-state index in [-0.39, 0.29) is 11.8 Å². The van der Waals surface area contributed by atoms with Crippen LogP contribution in [0.5, 0.6) is 0 Å². The van der Waals surface area contributed by atoms with Crippen molar-refractivity contribution in [3.05, 3.63) is 50.4 Å². The Morgan fingerprint density at radius 2 is 2.05 bits per heavy atom. The molecule has 0 aliphatic rings. The monoisotopic (exact) mass is 322 g/mol. The summed E-state index contributed by atoms with van der Waals surface area (Å²) in [6.45, 7) is 6.72. The Morgan fingerprint density at radius 1 is 1.33 bits per heavy atom. The van der Waals surface area contributed by atoms with Crippen molar-refractivity contribution in [2.24, 2.45) is 0 Å². The number of halogens is 1. The van der Waals surface area contributed by atoms with Gasteiger partial charge in [0.25, 0.3) is 5.91 Å². The Bertz CT molecular complexity index is 637. The zero-order chi connectivity index (χ0) is 15.4. The molecule has 1 amide bonds. The summed E-state index contributed by atoms with van der Waals surface area (Å²) in [5, 5.41) is 3.29. The number of aromatic nitrogens is 1. The van der Waals surface area contributed by atoms with Gasteiger partial charge >= 0.3 is 0 Å². The summed E-state index contributed by atoms with van der Waals surface area (Å²) in [7, 11) is 0. The highest BCUT2D eigenvalue weighted by Crippen LogP contribution is 2.19. The number of nitrogens with one attached hydrogen (secondary N) is 1. The van der Waals surface area contributed by atoms with Crippen LogP contribution in [0, 0.1) is 0 Å². The smallest absolute Gasteiger partial charge is 0.251 e. The van der Waals surface area contributed by atoms with Gasteiger partial charge in [0.1, 0.15) is 5.15 Å². The number of carbonyl (C=O) groups is 1. The first-order valence-electron chi connectivity index (χ1n) is 7.03. The van der Waals surface area contributed by atoms with Gasteiger partial charge in [0.05, 0.1) is 6.54 Å². The molecule has 0 aliphatic heterocycles. The van der Waals surface area contributed by atoms with Crippen LogP contribution in [-0.2, 0) is 13.0 Å². The molecule has 2 heterocycles. The van der Waals surface area contributed by atoms with Gasteiger partial charge in [-0.05, 0) is 36.6 Å². The van der Waals surface area contributed by atoms with Crippen molar-refractivity contribution in [3.8, 4) is 0 Å². The Balaban J connectivity index is 2.06. The van der Waals surface area contributed by atoms with E-state index < -0.39 is 0 Å². The van der Waals surface area contributed by atoms with Crippen LogP contribution in [0.25, 0.3) is 0 Å². The highest BCUT2D eigenvalue weighted by atomic mass is 35.5. The molecule has 0 radical (unpaired) electrons. The van der Waals surface area contributed by atoms with E-state index in [1.54, 1.807) is 23.5 Å². The van der Waals surface area contributed by atoms with E-state index in [1.165, 1.54) is 4.88 Å². The summed E-state index contributed by atoms with van der Waals surface area (Å²) >= 11 is 7.72. The summed E-state index contributed by atoms with van der Waals surface area (Å²) in [5.74, 6) is 0.118. The van der Waals surface area contributed by atoms with E-state index in [0.29, 0.717) is 17.3 Å². The maximum absolute atomic E-state index is 12.2. The third kappa shape index (κ3) is 4.29. The first kappa shape index (κ1) is 16.0. The molecule has 0 atom stereocenters. The number of amides is 1. The summed E-state index contributed by atoms with van der Waals surface area (Å²) in [4.78, 5) is 18.9. The third-order valence-electron chi connectivity index (χ3n) is 3.16. The molecule has 0 unspecified atom stereocenters. The molecule has 0 bridgehead atoms. The molecule has 0 saturated carbocycles. The van der Waals surface area contributed by atoms with E-state index in [1.807, 2.05) is 13.8 Å². The predicted molar refractivity (Wildman–Crippen MR) is 88.2 cm³/mol. The van der Waals surface area contributed by atoms with Crippen molar-refractivity contribution in [1.82, 2.24) is 10.3 Å². The van der Waals surface area contributed by atoms with Gasteiger partial charge in [-0.15, -0.1) is 11.3 Å². The zero-order valence-electron chi connectivity index (χ0n) is 12.4. The molecular weight excluding hydrogens is 304 g/mol. The van der Waals surface area contributed by atoms with Gasteiger partial charge in [0.2, 0.25) is 0 Å². The molecule has 0 saturated heterocycles. The standard InChI is InChI=1S/C16H19ClN2OS/c1-4-12-5-6-13(21-12)9-18-16(20)11-7-14(10(2)3)19-15(17)8-11/h5-8,10H,4,9H2,1-3H3,(H,18,20). The van der Waals surface area contributed by atoms with Gasteiger partial charge in [0.15, 0.2) is 0 Å². The van der Waals surface area contributed by atoms with Crippen molar-refractivity contribution < 1.29 is 4.79 Å². The average Bonchev–Trinajstić information content (AvgIpc) is 2.92. The van der Waals surface area contributed by atoms with Crippen molar-refractivity contribution in [3.63, 3.8) is 0 Å². The first-order chi connectivity index (χ1) is 9.99. The Morgan fingerprint density at radius 3 is 2.67 bits per heavy atom.